The molecular weight excluding hydrogens is 276 g/mol. The van der Waals surface area contributed by atoms with Gasteiger partial charge in [0.2, 0.25) is 5.91 Å². The van der Waals surface area contributed by atoms with Crippen LogP contribution < -0.4 is 0 Å². The first-order chi connectivity index (χ1) is 10.7. The Kier molecular flexibility index (Phi) is 4.02. The lowest BCUT2D eigenvalue weighted by Gasteiger charge is -2.25. The number of benzene rings is 2. The molecule has 22 heavy (non-hydrogen) atoms. The Balaban J connectivity index is 2.15. The van der Waals surface area contributed by atoms with Gasteiger partial charge in [-0.1, -0.05) is 54.6 Å². The molecular formula is C18H18N2O2. The summed E-state index contributed by atoms with van der Waals surface area (Å²) in [7, 11) is 1.60. The van der Waals surface area contributed by atoms with Crippen LogP contribution in [0.2, 0.25) is 0 Å². The van der Waals surface area contributed by atoms with E-state index < -0.39 is 6.23 Å². The zero-order valence-electron chi connectivity index (χ0n) is 12.7. The molecule has 0 fully saturated rings. The van der Waals surface area contributed by atoms with Crippen molar-refractivity contribution in [3.05, 3.63) is 71.3 Å². The number of hydrogen-bond acceptors (Lipinski definition) is 3. The number of methoxy groups -OCH3 is 1. The van der Waals surface area contributed by atoms with Crippen molar-refractivity contribution >= 4 is 11.6 Å². The first-order valence-electron chi connectivity index (χ1n) is 7.24. The number of carbonyl (C=O) groups is 1. The number of hydrazone groups is 1. The van der Waals surface area contributed by atoms with Crippen molar-refractivity contribution < 1.29 is 9.53 Å². The van der Waals surface area contributed by atoms with Gasteiger partial charge in [0.1, 0.15) is 0 Å². The largest absolute Gasteiger partial charge is 0.355 e. The molecule has 4 heteroatoms. The number of ether oxygens (including phenoxy) is 1. The highest BCUT2D eigenvalue weighted by molar-refractivity contribution is 6.02. The van der Waals surface area contributed by atoms with Crippen LogP contribution in [0, 0.1) is 0 Å². The Hall–Kier alpha value is -2.46. The van der Waals surface area contributed by atoms with Crippen LogP contribution in [0.4, 0.5) is 0 Å². The SMILES string of the molecule is COC1c2ccccc2CC(c2ccccc2)=NN1C(C)=O. The molecule has 1 amide bonds. The van der Waals surface area contributed by atoms with Crippen molar-refractivity contribution in [1.82, 2.24) is 5.01 Å². The molecule has 1 aliphatic rings. The molecule has 0 spiro atoms. The summed E-state index contributed by atoms with van der Waals surface area (Å²) in [5, 5.41) is 6.01. The van der Waals surface area contributed by atoms with E-state index in [9.17, 15) is 4.79 Å². The molecule has 0 radical (unpaired) electrons. The summed E-state index contributed by atoms with van der Waals surface area (Å²) < 4.78 is 5.55. The van der Waals surface area contributed by atoms with E-state index in [0.717, 1.165) is 22.4 Å². The Morgan fingerprint density at radius 1 is 1.14 bits per heavy atom. The van der Waals surface area contributed by atoms with Crippen LogP contribution in [0.15, 0.2) is 59.7 Å². The van der Waals surface area contributed by atoms with E-state index in [2.05, 4.69) is 11.2 Å². The van der Waals surface area contributed by atoms with Gasteiger partial charge in [-0.2, -0.15) is 10.1 Å². The van der Waals surface area contributed by atoms with Crippen LogP contribution in [0.5, 0.6) is 0 Å². The molecule has 0 bridgehead atoms. The second kappa shape index (κ2) is 6.12. The van der Waals surface area contributed by atoms with Gasteiger partial charge in [-0.15, -0.1) is 0 Å². The van der Waals surface area contributed by atoms with E-state index in [0.29, 0.717) is 6.42 Å². The van der Waals surface area contributed by atoms with Crippen molar-refractivity contribution in [2.24, 2.45) is 5.10 Å². The summed E-state index contributed by atoms with van der Waals surface area (Å²) in [6.45, 7) is 1.51. The summed E-state index contributed by atoms with van der Waals surface area (Å²) in [6.07, 6.45) is 0.180. The summed E-state index contributed by atoms with van der Waals surface area (Å²) >= 11 is 0. The predicted molar refractivity (Wildman–Crippen MR) is 85.4 cm³/mol. The quantitative estimate of drug-likeness (QED) is 0.854. The fourth-order valence-corrected chi connectivity index (χ4v) is 2.72. The predicted octanol–water partition coefficient (Wildman–Crippen LogP) is 3.14. The fourth-order valence-electron chi connectivity index (χ4n) is 2.72. The van der Waals surface area contributed by atoms with Crippen LogP contribution >= 0.6 is 0 Å². The lowest BCUT2D eigenvalue weighted by atomic mass is 9.98. The number of amides is 1. The maximum atomic E-state index is 12.0. The second-order valence-electron chi connectivity index (χ2n) is 5.24. The van der Waals surface area contributed by atoms with E-state index in [-0.39, 0.29) is 5.91 Å². The average molecular weight is 294 g/mol. The van der Waals surface area contributed by atoms with E-state index in [1.807, 2.05) is 48.5 Å². The monoisotopic (exact) mass is 294 g/mol. The third kappa shape index (κ3) is 2.65. The average Bonchev–Trinajstić information content (AvgIpc) is 2.72. The van der Waals surface area contributed by atoms with Gasteiger partial charge >= 0.3 is 0 Å². The van der Waals surface area contributed by atoms with Crippen molar-refractivity contribution in [1.29, 1.82) is 0 Å². The van der Waals surface area contributed by atoms with Gasteiger partial charge in [0.25, 0.3) is 0 Å². The van der Waals surface area contributed by atoms with E-state index >= 15 is 0 Å². The third-order valence-electron chi connectivity index (χ3n) is 3.78. The Morgan fingerprint density at radius 3 is 2.50 bits per heavy atom. The molecule has 2 aromatic carbocycles. The number of carbonyl (C=O) groups excluding carboxylic acids is 1. The topological polar surface area (TPSA) is 41.9 Å². The lowest BCUT2D eigenvalue weighted by Crippen LogP contribution is -2.29. The molecule has 112 valence electrons. The fraction of sp³-hybridized carbons (Fsp3) is 0.222. The lowest BCUT2D eigenvalue weighted by molar-refractivity contribution is -0.142. The van der Waals surface area contributed by atoms with Crippen molar-refractivity contribution in [2.45, 2.75) is 19.6 Å². The zero-order chi connectivity index (χ0) is 15.5. The molecule has 0 saturated carbocycles. The third-order valence-corrected chi connectivity index (χ3v) is 3.78. The Bertz CT molecular complexity index is 710. The van der Waals surface area contributed by atoms with Crippen LogP contribution in [-0.2, 0) is 16.0 Å². The van der Waals surface area contributed by atoms with Crippen molar-refractivity contribution in [3.63, 3.8) is 0 Å². The van der Waals surface area contributed by atoms with Gasteiger partial charge in [-0.05, 0) is 11.1 Å². The number of fused-ring (bicyclic) bond motifs is 1. The molecule has 0 aromatic heterocycles. The summed E-state index contributed by atoms with van der Waals surface area (Å²) in [4.78, 5) is 12.0. The first kappa shape index (κ1) is 14.5. The molecule has 0 N–H and O–H groups in total. The molecule has 1 atom stereocenters. The highest BCUT2D eigenvalue weighted by atomic mass is 16.5. The first-order valence-corrected chi connectivity index (χ1v) is 7.24. The van der Waals surface area contributed by atoms with Crippen LogP contribution in [0.1, 0.15) is 29.8 Å². The molecule has 2 aromatic rings. The number of nitrogens with zero attached hydrogens (tertiary/aromatic N) is 2. The molecule has 1 aliphatic heterocycles. The van der Waals surface area contributed by atoms with Gasteiger partial charge in [0, 0.05) is 26.0 Å². The maximum absolute atomic E-state index is 12.0. The molecule has 3 rings (SSSR count). The van der Waals surface area contributed by atoms with E-state index in [1.165, 1.54) is 11.9 Å². The van der Waals surface area contributed by atoms with Crippen LogP contribution in [0.25, 0.3) is 0 Å². The standard InChI is InChI=1S/C18H18N2O2/c1-13(21)20-18(22-2)16-11-7-6-10-15(16)12-17(19-20)14-8-4-3-5-9-14/h3-11,18H,12H2,1-2H3. The number of hydrogen-bond donors (Lipinski definition) is 0. The zero-order valence-corrected chi connectivity index (χ0v) is 12.7. The summed E-state index contributed by atoms with van der Waals surface area (Å²) in [5.74, 6) is -0.142. The van der Waals surface area contributed by atoms with Gasteiger partial charge in [-0.3, -0.25) is 4.79 Å². The minimum absolute atomic E-state index is 0.142. The Morgan fingerprint density at radius 2 is 1.82 bits per heavy atom. The number of rotatable bonds is 2. The Labute approximate surface area is 130 Å². The second-order valence-corrected chi connectivity index (χ2v) is 5.24. The smallest absolute Gasteiger partial charge is 0.242 e. The highest BCUT2D eigenvalue weighted by Crippen LogP contribution is 2.30. The molecule has 1 heterocycles. The van der Waals surface area contributed by atoms with Gasteiger partial charge < -0.3 is 4.74 Å². The van der Waals surface area contributed by atoms with E-state index in [4.69, 9.17) is 4.74 Å². The highest BCUT2D eigenvalue weighted by Gasteiger charge is 2.28. The van der Waals surface area contributed by atoms with Crippen molar-refractivity contribution in [2.75, 3.05) is 7.11 Å². The minimum atomic E-state index is -0.491. The maximum Gasteiger partial charge on any atom is 0.242 e. The molecule has 0 saturated heterocycles. The molecule has 0 aliphatic carbocycles. The van der Waals surface area contributed by atoms with Crippen LogP contribution in [-0.4, -0.2) is 23.7 Å². The van der Waals surface area contributed by atoms with Gasteiger partial charge in [0.15, 0.2) is 6.23 Å². The summed E-state index contributed by atoms with van der Waals surface area (Å²) in [5.41, 5.74) is 3.98. The van der Waals surface area contributed by atoms with Gasteiger partial charge in [0.05, 0.1) is 5.71 Å². The minimum Gasteiger partial charge on any atom is -0.355 e. The van der Waals surface area contributed by atoms with E-state index in [1.54, 1.807) is 7.11 Å². The van der Waals surface area contributed by atoms with Crippen molar-refractivity contribution in [3.8, 4) is 0 Å². The normalized spacial score (nSPS) is 17.5. The van der Waals surface area contributed by atoms with Gasteiger partial charge in [-0.25, -0.2) is 0 Å². The molecule has 1 unspecified atom stereocenters. The summed E-state index contributed by atoms with van der Waals surface area (Å²) in [6, 6.07) is 17.9. The molecule has 4 nitrogen and oxygen atoms in total. The van der Waals surface area contributed by atoms with Crippen LogP contribution in [0.3, 0.4) is 0 Å².